The van der Waals surface area contributed by atoms with Crippen molar-refractivity contribution >= 4 is 39.8 Å². The van der Waals surface area contributed by atoms with Crippen molar-refractivity contribution in [3.8, 4) is 0 Å². The van der Waals surface area contributed by atoms with E-state index in [1.165, 1.54) is 47.9 Å². The smallest absolute Gasteiger partial charge is 0.276 e. The first-order valence-corrected chi connectivity index (χ1v) is 12.2. The fourth-order valence-electron chi connectivity index (χ4n) is 3.86. The van der Waals surface area contributed by atoms with Crippen LogP contribution in [-0.2, 0) is 10.5 Å². The molecule has 8 heteroatoms. The average Bonchev–Trinajstić information content (AvgIpc) is 3.38. The maximum Gasteiger partial charge on any atom is 0.276 e. The van der Waals surface area contributed by atoms with Gasteiger partial charge in [-0.2, -0.15) is 0 Å². The van der Waals surface area contributed by atoms with Crippen molar-refractivity contribution in [3.63, 3.8) is 0 Å². The van der Waals surface area contributed by atoms with Crippen molar-refractivity contribution < 1.29 is 9.21 Å². The summed E-state index contributed by atoms with van der Waals surface area (Å²) >= 11 is 2.96. The molecule has 0 atom stereocenters. The Morgan fingerprint density at radius 2 is 2.03 bits per heavy atom. The van der Waals surface area contributed by atoms with Gasteiger partial charge in [-0.25, -0.2) is 4.98 Å². The Labute approximate surface area is 185 Å². The minimum absolute atomic E-state index is 0.0514. The summed E-state index contributed by atoms with van der Waals surface area (Å²) in [6, 6.07) is 6.07. The summed E-state index contributed by atoms with van der Waals surface area (Å²) in [6.07, 6.45) is 6.06. The molecule has 1 amide bonds. The summed E-state index contributed by atoms with van der Waals surface area (Å²) in [4.78, 5) is 18.8. The van der Waals surface area contributed by atoms with E-state index in [0.717, 1.165) is 35.7 Å². The van der Waals surface area contributed by atoms with Gasteiger partial charge in [0.15, 0.2) is 5.13 Å². The number of thioether (sulfide) groups is 1. The highest BCUT2D eigenvalue weighted by Crippen LogP contribution is 2.35. The monoisotopic (exact) mass is 442 g/mol. The first-order chi connectivity index (χ1) is 14.5. The van der Waals surface area contributed by atoms with Crippen LogP contribution < -0.4 is 4.90 Å². The molecule has 2 heterocycles. The largest absolute Gasteiger partial charge is 0.416 e. The Balaban J connectivity index is 1.44. The van der Waals surface area contributed by atoms with Crippen molar-refractivity contribution in [1.82, 2.24) is 15.2 Å². The van der Waals surface area contributed by atoms with Crippen LogP contribution in [-0.4, -0.2) is 21.1 Å². The lowest BCUT2D eigenvalue weighted by Gasteiger charge is -2.20. The minimum atomic E-state index is -0.0514. The normalized spacial score (nSPS) is 14.8. The van der Waals surface area contributed by atoms with Gasteiger partial charge >= 0.3 is 0 Å². The molecule has 0 aliphatic heterocycles. The second-order valence-electron chi connectivity index (χ2n) is 7.80. The summed E-state index contributed by atoms with van der Waals surface area (Å²) in [6.45, 7) is 5.63. The zero-order chi connectivity index (χ0) is 21.1. The zero-order valence-electron chi connectivity index (χ0n) is 17.6. The van der Waals surface area contributed by atoms with E-state index in [0.29, 0.717) is 22.0 Å². The Kier molecular flexibility index (Phi) is 6.53. The molecular weight excluding hydrogens is 416 g/mol. The zero-order valence-corrected chi connectivity index (χ0v) is 19.2. The highest BCUT2D eigenvalue weighted by atomic mass is 32.2. The molecule has 0 N–H and O–H groups in total. The van der Waals surface area contributed by atoms with Gasteiger partial charge in [0.1, 0.15) is 0 Å². The van der Waals surface area contributed by atoms with E-state index in [4.69, 9.17) is 9.40 Å². The molecule has 158 valence electrons. The second-order valence-corrected chi connectivity index (χ2v) is 9.56. The number of nitrogens with zero attached hydrogens (tertiary/aromatic N) is 4. The third kappa shape index (κ3) is 4.75. The third-order valence-electron chi connectivity index (χ3n) is 5.36. The average molecular weight is 443 g/mol. The molecule has 1 aromatic carbocycles. The molecule has 0 spiro atoms. The number of amides is 1. The predicted molar refractivity (Wildman–Crippen MR) is 121 cm³/mol. The van der Waals surface area contributed by atoms with Crippen LogP contribution >= 0.6 is 23.1 Å². The molecule has 4 rings (SSSR count). The van der Waals surface area contributed by atoms with E-state index in [2.05, 4.69) is 16.3 Å². The van der Waals surface area contributed by atoms with E-state index < -0.39 is 0 Å². The van der Waals surface area contributed by atoms with Gasteiger partial charge in [-0.15, -0.1) is 21.5 Å². The Morgan fingerprint density at radius 1 is 1.23 bits per heavy atom. The van der Waals surface area contributed by atoms with E-state index in [1.807, 2.05) is 31.4 Å². The molecule has 1 aliphatic carbocycles. The number of carbonyl (C=O) groups is 1. The summed E-state index contributed by atoms with van der Waals surface area (Å²) in [7, 11) is 0. The van der Waals surface area contributed by atoms with Crippen molar-refractivity contribution in [2.45, 2.75) is 69.8 Å². The highest BCUT2D eigenvalue weighted by molar-refractivity contribution is 7.98. The molecular formula is C22H26N4O2S2. The lowest BCUT2D eigenvalue weighted by molar-refractivity contribution is -0.115. The number of rotatable bonds is 6. The van der Waals surface area contributed by atoms with Gasteiger partial charge in [0.05, 0.1) is 11.4 Å². The lowest BCUT2D eigenvalue weighted by atomic mass is 9.89. The molecule has 0 radical (unpaired) electrons. The van der Waals surface area contributed by atoms with Crippen LogP contribution in [0.3, 0.4) is 0 Å². The number of anilines is 2. The number of aromatic nitrogens is 3. The van der Waals surface area contributed by atoms with E-state index in [1.54, 1.807) is 11.8 Å². The fraction of sp³-hybridized carbons (Fsp3) is 0.455. The van der Waals surface area contributed by atoms with E-state index in [-0.39, 0.29) is 5.91 Å². The Morgan fingerprint density at radius 3 is 2.77 bits per heavy atom. The lowest BCUT2D eigenvalue weighted by Crippen LogP contribution is -2.23. The van der Waals surface area contributed by atoms with Crippen LogP contribution in [0.1, 0.15) is 67.7 Å². The molecule has 3 aromatic rings. The SMILES string of the molecule is CC(=O)N(c1nc(CSc2nnc(C3CCCCC3)o2)cs1)c1ccc(C)cc1C. The maximum atomic E-state index is 12.4. The summed E-state index contributed by atoms with van der Waals surface area (Å²) in [5, 5.41) is 11.7. The van der Waals surface area contributed by atoms with Gasteiger partial charge in [-0.1, -0.05) is 48.7 Å². The molecule has 1 aliphatic rings. The molecule has 0 saturated heterocycles. The third-order valence-corrected chi connectivity index (χ3v) is 7.09. The van der Waals surface area contributed by atoms with Gasteiger partial charge in [-0.3, -0.25) is 9.69 Å². The van der Waals surface area contributed by atoms with Crippen LogP contribution in [0, 0.1) is 13.8 Å². The Hall–Kier alpha value is -2.19. The topological polar surface area (TPSA) is 72.1 Å². The number of carbonyl (C=O) groups excluding carboxylic acids is 1. The van der Waals surface area contributed by atoms with Gasteiger partial charge in [0.25, 0.3) is 5.22 Å². The molecule has 0 bridgehead atoms. The quantitative estimate of drug-likeness (QED) is 0.425. The second kappa shape index (κ2) is 9.31. The van der Waals surface area contributed by atoms with Crippen molar-refractivity contribution in [3.05, 3.63) is 46.3 Å². The molecule has 1 fully saturated rings. The molecule has 6 nitrogen and oxygen atoms in total. The van der Waals surface area contributed by atoms with Crippen LogP contribution in [0.2, 0.25) is 0 Å². The van der Waals surface area contributed by atoms with Crippen molar-refractivity contribution in [2.75, 3.05) is 4.90 Å². The minimum Gasteiger partial charge on any atom is -0.416 e. The molecule has 0 unspecified atom stereocenters. The fourth-order valence-corrected chi connectivity index (χ4v) is 5.51. The van der Waals surface area contributed by atoms with E-state index >= 15 is 0 Å². The van der Waals surface area contributed by atoms with Gasteiger partial charge < -0.3 is 4.42 Å². The number of benzene rings is 1. The van der Waals surface area contributed by atoms with E-state index in [9.17, 15) is 4.79 Å². The molecule has 30 heavy (non-hydrogen) atoms. The van der Waals surface area contributed by atoms with Crippen LogP contribution in [0.15, 0.2) is 33.2 Å². The highest BCUT2D eigenvalue weighted by Gasteiger charge is 2.22. The van der Waals surface area contributed by atoms with Crippen LogP contribution in [0.5, 0.6) is 0 Å². The first-order valence-electron chi connectivity index (χ1n) is 10.3. The maximum absolute atomic E-state index is 12.4. The van der Waals surface area contributed by atoms with Crippen molar-refractivity contribution in [2.24, 2.45) is 0 Å². The molecule has 1 saturated carbocycles. The first kappa shape index (κ1) is 21.1. The van der Waals surface area contributed by atoms with Gasteiger partial charge in [-0.05, 0) is 38.3 Å². The molecule has 2 aromatic heterocycles. The van der Waals surface area contributed by atoms with Gasteiger partial charge in [0.2, 0.25) is 11.8 Å². The number of thiazole rings is 1. The number of hydrogen-bond donors (Lipinski definition) is 0. The van der Waals surface area contributed by atoms with Crippen molar-refractivity contribution in [1.29, 1.82) is 0 Å². The summed E-state index contributed by atoms with van der Waals surface area (Å²) in [5.74, 6) is 1.76. The number of aryl methyl sites for hydroxylation is 2. The number of hydrogen-bond acceptors (Lipinski definition) is 7. The summed E-state index contributed by atoms with van der Waals surface area (Å²) < 4.78 is 5.89. The summed E-state index contributed by atoms with van der Waals surface area (Å²) in [5.41, 5.74) is 3.99. The Bertz CT molecular complexity index is 1020. The predicted octanol–water partition coefficient (Wildman–Crippen LogP) is 6.17. The van der Waals surface area contributed by atoms with Gasteiger partial charge in [0, 0.05) is 24.0 Å². The van der Waals surface area contributed by atoms with Crippen LogP contribution in [0.25, 0.3) is 0 Å². The standard InChI is InChI=1S/C22H26N4O2S2/c1-14-9-10-19(15(2)11-14)26(16(3)27)21-23-18(12-29-21)13-30-22-25-24-20(28-22)17-7-5-4-6-8-17/h9-12,17H,4-8,13H2,1-3H3. The van der Waals surface area contributed by atoms with Crippen LogP contribution in [0.4, 0.5) is 10.8 Å².